The molecule has 0 aliphatic carbocycles. The SMILES string of the molecule is CN(Cc1ccccn1)CC1CCN(C[C@H](O)c2ccccc2)CC1. The molecule has 2 heterocycles. The number of aliphatic hydroxyl groups excluding tert-OH is 1. The summed E-state index contributed by atoms with van der Waals surface area (Å²) in [5, 5.41) is 10.4. The molecule has 1 aliphatic rings. The molecule has 0 amide bonds. The molecule has 4 nitrogen and oxygen atoms in total. The van der Waals surface area contributed by atoms with Gasteiger partial charge in [0.15, 0.2) is 0 Å². The lowest BCUT2D eigenvalue weighted by atomic mass is 9.95. The van der Waals surface area contributed by atoms with Crippen molar-refractivity contribution in [3.05, 3.63) is 66.0 Å². The van der Waals surface area contributed by atoms with Crippen LogP contribution in [-0.2, 0) is 6.54 Å². The number of hydrogen-bond acceptors (Lipinski definition) is 4. The Balaban J connectivity index is 1.40. The normalized spacial score (nSPS) is 17.7. The van der Waals surface area contributed by atoms with Crippen molar-refractivity contribution in [3.63, 3.8) is 0 Å². The minimum absolute atomic E-state index is 0.385. The van der Waals surface area contributed by atoms with E-state index in [0.717, 1.165) is 49.9 Å². The van der Waals surface area contributed by atoms with E-state index in [1.807, 2.05) is 48.7 Å². The van der Waals surface area contributed by atoms with Crippen LogP contribution in [0.5, 0.6) is 0 Å². The van der Waals surface area contributed by atoms with Crippen molar-refractivity contribution in [1.82, 2.24) is 14.8 Å². The Hall–Kier alpha value is -1.75. The van der Waals surface area contributed by atoms with Gasteiger partial charge in [-0.25, -0.2) is 0 Å². The maximum absolute atomic E-state index is 10.4. The van der Waals surface area contributed by atoms with Crippen molar-refractivity contribution in [2.75, 3.05) is 33.2 Å². The molecule has 1 atom stereocenters. The molecule has 0 saturated carbocycles. The summed E-state index contributed by atoms with van der Waals surface area (Å²) >= 11 is 0. The number of aliphatic hydroxyl groups is 1. The van der Waals surface area contributed by atoms with Crippen molar-refractivity contribution in [2.45, 2.75) is 25.5 Å². The molecule has 1 aliphatic heterocycles. The lowest BCUT2D eigenvalue weighted by Gasteiger charge is -2.34. The Morgan fingerprint density at radius 2 is 1.84 bits per heavy atom. The predicted octanol–water partition coefficient (Wildman–Crippen LogP) is 2.96. The average Bonchev–Trinajstić information content (AvgIpc) is 2.65. The van der Waals surface area contributed by atoms with E-state index < -0.39 is 0 Å². The molecule has 134 valence electrons. The second kappa shape index (κ2) is 9.09. The van der Waals surface area contributed by atoms with Crippen LogP contribution in [0.3, 0.4) is 0 Å². The number of benzene rings is 1. The maximum Gasteiger partial charge on any atom is 0.0916 e. The molecule has 1 N–H and O–H groups in total. The maximum atomic E-state index is 10.4. The van der Waals surface area contributed by atoms with Crippen LogP contribution < -0.4 is 0 Å². The summed E-state index contributed by atoms with van der Waals surface area (Å²) in [6.45, 7) is 4.91. The summed E-state index contributed by atoms with van der Waals surface area (Å²) in [5.41, 5.74) is 2.15. The van der Waals surface area contributed by atoms with E-state index in [9.17, 15) is 5.11 Å². The van der Waals surface area contributed by atoms with Crippen LogP contribution in [0.2, 0.25) is 0 Å². The van der Waals surface area contributed by atoms with Gasteiger partial charge in [-0.1, -0.05) is 36.4 Å². The van der Waals surface area contributed by atoms with E-state index in [1.54, 1.807) is 0 Å². The molecule has 4 heteroatoms. The summed E-state index contributed by atoms with van der Waals surface area (Å²) in [6, 6.07) is 16.1. The smallest absolute Gasteiger partial charge is 0.0916 e. The van der Waals surface area contributed by atoms with Crippen LogP contribution in [0.4, 0.5) is 0 Å². The zero-order chi connectivity index (χ0) is 17.5. The average molecular weight is 339 g/mol. The number of aromatic nitrogens is 1. The van der Waals surface area contributed by atoms with Crippen LogP contribution in [0, 0.1) is 5.92 Å². The lowest BCUT2D eigenvalue weighted by Crippen LogP contribution is -2.39. The highest BCUT2D eigenvalue weighted by atomic mass is 16.3. The summed E-state index contributed by atoms with van der Waals surface area (Å²) in [5.74, 6) is 0.735. The van der Waals surface area contributed by atoms with Crippen molar-refractivity contribution in [1.29, 1.82) is 0 Å². The first kappa shape index (κ1) is 18.1. The minimum Gasteiger partial charge on any atom is -0.387 e. The van der Waals surface area contributed by atoms with E-state index >= 15 is 0 Å². The minimum atomic E-state index is -0.385. The molecular weight excluding hydrogens is 310 g/mol. The molecule has 1 aromatic heterocycles. The number of piperidine rings is 1. The zero-order valence-electron chi connectivity index (χ0n) is 15.1. The zero-order valence-corrected chi connectivity index (χ0v) is 15.1. The van der Waals surface area contributed by atoms with Crippen molar-refractivity contribution < 1.29 is 5.11 Å². The summed E-state index contributed by atoms with van der Waals surface area (Å²) in [4.78, 5) is 9.18. The molecule has 0 spiro atoms. The predicted molar refractivity (Wildman–Crippen MR) is 101 cm³/mol. The number of β-amino-alcohol motifs (C(OH)–C–C–N with tert-alkyl or cyclic N) is 1. The number of nitrogens with zero attached hydrogens (tertiary/aromatic N) is 3. The van der Waals surface area contributed by atoms with E-state index in [4.69, 9.17) is 0 Å². The van der Waals surface area contributed by atoms with Gasteiger partial charge in [-0.05, 0) is 56.6 Å². The summed E-state index contributed by atoms with van der Waals surface area (Å²) < 4.78 is 0. The molecule has 0 radical (unpaired) electrons. The van der Waals surface area contributed by atoms with Crippen molar-refractivity contribution in [3.8, 4) is 0 Å². The van der Waals surface area contributed by atoms with E-state index in [-0.39, 0.29) is 6.10 Å². The second-order valence-electron chi connectivity index (χ2n) is 7.19. The van der Waals surface area contributed by atoms with Crippen molar-refractivity contribution >= 4 is 0 Å². The van der Waals surface area contributed by atoms with E-state index in [2.05, 4.69) is 27.9 Å². The van der Waals surface area contributed by atoms with Crippen LogP contribution in [0.15, 0.2) is 54.7 Å². The molecule has 0 bridgehead atoms. The van der Waals surface area contributed by atoms with Gasteiger partial charge in [-0.3, -0.25) is 4.98 Å². The number of likely N-dealkylation sites (tertiary alicyclic amines) is 1. The van der Waals surface area contributed by atoms with Gasteiger partial charge in [0.1, 0.15) is 0 Å². The molecule has 0 unspecified atom stereocenters. The third-order valence-electron chi connectivity index (χ3n) is 5.05. The highest BCUT2D eigenvalue weighted by molar-refractivity contribution is 5.17. The second-order valence-corrected chi connectivity index (χ2v) is 7.19. The fourth-order valence-corrected chi connectivity index (χ4v) is 3.65. The van der Waals surface area contributed by atoms with Gasteiger partial charge in [0.2, 0.25) is 0 Å². The highest BCUT2D eigenvalue weighted by Crippen LogP contribution is 2.21. The fourth-order valence-electron chi connectivity index (χ4n) is 3.65. The number of pyridine rings is 1. The Kier molecular flexibility index (Phi) is 6.56. The van der Waals surface area contributed by atoms with Gasteiger partial charge in [0.05, 0.1) is 11.8 Å². The van der Waals surface area contributed by atoms with Gasteiger partial charge in [-0.2, -0.15) is 0 Å². The summed E-state index contributed by atoms with van der Waals surface area (Å²) in [7, 11) is 2.18. The van der Waals surface area contributed by atoms with Gasteiger partial charge in [0, 0.05) is 25.8 Å². The Morgan fingerprint density at radius 3 is 2.52 bits per heavy atom. The van der Waals surface area contributed by atoms with Crippen LogP contribution in [0.1, 0.15) is 30.2 Å². The van der Waals surface area contributed by atoms with Crippen LogP contribution in [0.25, 0.3) is 0 Å². The first-order valence-electron chi connectivity index (χ1n) is 9.24. The van der Waals surface area contributed by atoms with Crippen LogP contribution in [-0.4, -0.2) is 53.1 Å². The van der Waals surface area contributed by atoms with Gasteiger partial charge in [0.25, 0.3) is 0 Å². The molecule has 3 rings (SSSR count). The molecule has 1 fully saturated rings. The monoisotopic (exact) mass is 339 g/mol. The lowest BCUT2D eigenvalue weighted by molar-refractivity contribution is 0.0824. The molecule has 25 heavy (non-hydrogen) atoms. The molecule has 1 aromatic carbocycles. The van der Waals surface area contributed by atoms with E-state index in [1.165, 1.54) is 12.8 Å². The molecular formula is C21H29N3O. The number of hydrogen-bond donors (Lipinski definition) is 1. The van der Waals surface area contributed by atoms with Gasteiger partial charge < -0.3 is 14.9 Å². The van der Waals surface area contributed by atoms with Gasteiger partial charge in [-0.15, -0.1) is 0 Å². The summed E-state index contributed by atoms with van der Waals surface area (Å²) in [6.07, 6.45) is 3.88. The first-order valence-corrected chi connectivity index (χ1v) is 9.24. The number of rotatable bonds is 7. The Bertz CT molecular complexity index is 612. The Labute approximate surface area is 151 Å². The third kappa shape index (κ3) is 5.63. The van der Waals surface area contributed by atoms with Gasteiger partial charge >= 0.3 is 0 Å². The highest BCUT2D eigenvalue weighted by Gasteiger charge is 2.22. The first-order chi connectivity index (χ1) is 12.2. The van der Waals surface area contributed by atoms with Crippen molar-refractivity contribution in [2.24, 2.45) is 5.92 Å². The van der Waals surface area contributed by atoms with E-state index in [0.29, 0.717) is 0 Å². The van der Waals surface area contributed by atoms with Crippen LogP contribution >= 0.6 is 0 Å². The standard InChI is InChI=1S/C21H29N3O/c1-23(16-20-9-5-6-12-22-20)15-18-10-13-24(14-11-18)17-21(25)19-7-3-2-4-8-19/h2-9,12,18,21,25H,10-11,13-17H2,1H3/t21-/m0/s1. The molecule has 2 aromatic rings. The fraction of sp³-hybridized carbons (Fsp3) is 0.476. The topological polar surface area (TPSA) is 39.6 Å². The molecule has 1 saturated heterocycles. The quantitative estimate of drug-likeness (QED) is 0.842. The Morgan fingerprint density at radius 1 is 1.12 bits per heavy atom. The largest absolute Gasteiger partial charge is 0.387 e. The third-order valence-corrected chi connectivity index (χ3v) is 5.05.